The van der Waals surface area contributed by atoms with Gasteiger partial charge in [0.15, 0.2) is 0 Å². The van der Waals surface area contributed by atoms with Crippen molar-refractivity contribution in [1.29, 1.82) is 0 Å². The van der Waals surface area contributed by atoms with Crippen LogP contribution in [0.1, 0.15) is 20.3 Å². The fourth-order valence-corrected chi connectivity index (χ4v) is 2.06. The van der Waals surface area contributed by atoms with Crippen LogP contribution in [0.4, 0.5) is 5.95 Å². The Kier molecular flexibility index (Phi) is 5.62. The second-order valence-corrected chi connectivity index (χ2v) is 4.98. The lowest BCUT2D eigenvalue weighted by Crippen LogP contribution is -2.26. The third-order valence-electron chi connectivity index (χ3n) is 2.94. The maximum absolute atomic E-state index is 11.9. The summed E-state index contributed by atoms with van der Waals surface area (Å²) >= 11 is 0. The van der Waals surface area contributed by atoms with E-state index in [2.05, 4.69) is 29.5 Å². The van der Waals surface area contributed by atoms with Gasteiger partial charge in [-0.2, -0.15) is 0 Å². The summed E-state index contributed by atoms with van der Waals surface area (Å²) in [6.45, 7) is 6.87. The highest BCUT2D eigenvalue weighted by atomic mass is 35.5. The van der Waals surface area contributed by atoms with E-state index in [4.69, 9.17) is 0 Å². The molecule has 0 spiro atoms. The van der Waals surface area contributed by atoms with E-state index in [0.29, 0.717) is 11.9 Å². The molecule has 0 saturated carbocycles. The molecule has 1 fully saturated rings. The molecule has 102 valence electrons. The van der Waals surface area contributed by atoms with Gasteiger partial charge >= 0.3 is 0 Å². The van der Waals surface area contributed by atoms with E-state index < -0.39 is 0 Å². The molecule has 2 heterocycles. The van der Waals surface area contributed by atoms with Crippen LogP contribution in [0.15, 0.2) is 12.4 Å². The molecule has 18 heavy (non-hydrogen) atoms. The Morgan fingerprint density at radius 1 is 1.67 bits per heavy atom. The standard InChI is InChI=1S/C12H20N4O.ClH/c1-9(2)8-16-6-5-14-12(16)15-11(17)10-3-4-13-7-10;/h5-6,9-10,13H,3-4,7-8H2,1-2H3,(H,14,15,17);1H/t10-;/m0./s1. The molecule has 1 aromatic rings. The lowest BCUT2D eigenvalue weighted by Gasteiger charge is -2.13. The smallest absolute Gasteiger partial charge is 0.231 e. The van der Waals surface area contributed by atoms with Crippen molar-refractivity contribution in [3.63, 3.8) is 0 Å². The first-order chi connectivity index (χ1) is 8.16. The van der Waals surface area contributed by atoms with Crippen LogP contribution in [-0.4, -0.2) is 28.5 Å². The molecular formula is C12H21ClN4O. The van der Waals surface area contributed by atoms with Crippen molar-refractivity contribution in [2.45, 2.75) is 26.8 Å². The van der Waals surface area contributed by atoms with E-state index in [1.165, 1.54) is 0 Å². The highest BCUT2D eigenvalue weighted by molar-refractivity contribution is 5.91. The minimum Gasteiger partial charge on any atom is -0.317 e. The molecular weight excluding hydrogens is 252 g/mol. The lowest BCUT2D eigenvalue weighted by atomic mass is 10.1. The molecule has 6 heteroatoms. The SMILES string of the molecule is CC(C)Cn1ccnc1NC(=O)[C@H]1CCNC1.Cl. The molecule has 0 aromatic carbocycles. The molecule has 1 aromatic heterocycles. The van der Waals surface area contributed by atoms with Gasteiger partial charge in [0.1, 0.15) is 0 Å². The maximum atomic E-state index is 11.9. The first kappa shape index (κ1) is 15.0. The number of hydrogen-bond acceptors (Lipinski definition) is 3. The van der Waals surface area contributed by atoms with Gasteiger partial charge < -0.3 is 9.88 Å². The average molecular weight is 273 g/mol. The van der Waals surface area contributed by atoms with Crippen LogP contribution < -0.4 is 10.6 Å². The van der Waals surface area contributed by atoms with Gasteiger partial charge in [0, 0.05) is 25.5 Å². The number of hydrogen-bond donors (Lipinski definition) is 2. The van der Waals surface area contributed by atoms with E-state index in [-0.39, 0.29) is 24.2 Å². The van der Waals surface area contributed by atoms with Crippen LogP contribution in [0.2, 0.25) is 0 Å². The second kappa shape index (κ2) is 6.75. The summed E-state index contributed by atoms with van der Waals surface area (Å²) in [4.78, 5) is 16.1. The van der Waals surface area contributed by atoms with Gasteiger partial charge in [0.25, 0.3) is 0 Å². The molecule has 2 N–H and O–H groups in total. The third kappa shape index (κ3) is 3.71. The Balaban J connectivity index is 0.00000162. The molecule has 2 rings (SSSR count). The Labute approximate surface area is 114 Å². The zero-order chi connectivity index (χ0) is 12.3. The van der Waals surface area contributed by atoms with Gasteiger partial charge in [0.2, 0.25) is 11.9 Å². The quantitative estimate of drug-likeness (QED) is 0.874. The van der Waals surface area contributed by atoms with Crippen molar-refractivity contribution < 1.29 is 4.79 Å². The van der Waals surface area contributed by atoms with E-state index in [1.807, 2.05) is 10.8 Å². The number of aromatic nitrogens is 2. The van der Waals surface area contributed by atoms with E-state index in [0.717, 1.165) is 26.1 Å². The summed E-state index contributed by atoms with van der Waals surface area (Å²) in [5.41, 5.74) is 0. The minimum atomic E-state index is 0. The van der Waals surface area contributed by atoms with Crippen molar-refractivity contribution >= 4 is 24.3 Å². The molecule has 1 aliphatic heterocycles. The fourth-order valence-electron chi connectivity index (χ4n) is 2.06. The minimum absolute atomic E-state index is 0. The molecule has 1 atom stereocenters. The lowest BCUT2D eigenvalue weighted by molar-refractivity contribution is -0.119. The monoisotopic (exact) mass is 272 g/mol. The van der Waals surface area contributed by atoms with Gasteiger partial charge in [-0.1, -0.05) is 13.8 Å². The zero-order valence-electron chi connectivity index (χ0n) is 10.8. The van der Waals surface area contributed by atoms with Gasteiger partial charge in [-0.05, 0) is 18.9 Å². The largest absolute Gasteiger partial charge is 0.317 e. The number of nitrogens with one attached hydrogen (secondary N) is 2. The highest BCUT2D eigenvalue weighted by Crippen LogP contribution is 2.13. The molecule has 1 amide bonds. The molecule has 0 aliphatic carbocycles. The zero-order valence-corrected chi connectivity index (χ0v) is 11.7. The number of rotatable bonds is 4. The van der Waals surface area contributed by atoms with Crippen molar-refractivity contribution in [3.05, 3.63) is 12.4 Å². The van der Waals surface area contributed by atoms with Crippen molar-refractivity contribution in [1.82, 2.24) is 14.9 Å². The highest BCUT2D eigenvalue weighted by Gasteiger charge is 2.23. The van der Waals surface area contributed by atoms with Crippen LogP contribution >= 0.6 is 12.4 Å². The number of carbonyl (C=O) groups excluding carboxylic acids is 1. The van der Waals surface area contributed by atoms with Gasteiger partial charge in [-0.25, -0.2) is 4.98 Å². The molecule has 1 saturated heterocycles. The number of halogens is 1. The summed E-state index contributed by atoms with van der Waals surface area (Å²) in [5.74, 6) is 1.36. The van der Waals surface area contributed by atoms with Crippen LogP contribution in [0.3, 0.4) is 0 Å². The Morgan fingerprint density at radius 3 is 3.06 bits per heavy atom. The molecule has 1 aliphatic rings. The topological polar surface area (TPSA) is 59.0 Å². The Bertz CT molecular complexity index is 385. The average Bonchev–Trinajstić information content (AvgIpc) is 2.89. The number of carbonyl (C=O) groups is 1. The van der Waals surface area contributed by atoms with Crippen LogP contribution in [0, 0.1) is 11.8 Å². The Morgan fingerprint density at radius 2 is 2.44 bits per heavy atom. The molecule has 0 unspecified atom stereocenters. The first-order valence-corrected chi connectivity index (χ1v) is 6.19. The van der Waals surface area contributed by atoms with Gasteiger partial charge in [-0.15, -0.1) is 12.4 Å². The van der Waals surface area contributed by atoms with Crippen LogP contribution in [0.5, 0.6) is 0 Å². The molecule has 0 bridgehead atoms. The van der Waals surface area contributed by atoms with E-state index >= 15 is 0 Å². The second-order valence-electron chi connectivity index (χ2n) is 4.98. The maximum Gasteiger partial charge on any atom is 0.231 e. The number of imidazole rings is 1. The summed E-state index contributed by atoms with van der Waals surface area (Å²) in [5, 5.41) is 6.10. The summed E-state index contributed by atoms with van der Waals surface area (Å²) < 4.78 is 1.99. The summed E-state index contributed by atoms with van der Waals surface area (Å²) in [6, 6.07) is 0. The van der Waals surface area contributed by atoms with E-state index in [9.17, 15) is 4.79 Å². The van der Waals surface area contributed by atoms with E-state index in [1.54, 1.807) is 6.20 Å². The van der Waals surface area contributed by atoms with Crippen molar-refractivity contribution in [2.24, 2.45) is 11.8 Å². The van der Waals surface area contributed by atoms with Crippen LogP contribution in [-0.2, 0) is 11.3 Å². The molecule has 5 nitrogen and oxygen atoms in total. The number of amides is 1. The van der Waals surface area contributed by atoms with Crippen molar-refractivity contribution in [3.8, 4) is 0 Å². The van der Waals surface area contributed by atoms with Crippen LogP contribution in [0.25, 0.3) is 0 Å². The summed E-state index contributed by atoms with van der Waals surface area (Å²) in [6.07, 6.45) is 4.55. The van der Waals surface area contributed by atoms with Gasteiger partial charge in [-0.3, -0.25) is 10.1 Å². The third-order valence-corrected chi connectivity index (χ3v) is 2.94. The Hall–Kier alpha value is -1.07. The summed E-state index contributed by atoms with van der Waals surface area (Å²) in [7, 11) is 0. The normalized spacial score (nSPS) is 18.7. The fraction of sp³-hybridized carbons (Fsp3) is 0.667. The predicted molar refractivity (Wildman–Crippen MR) is 73.9 cm³/mol. The van der Waals surface area contributed by atoms with Gasteiger partial charge in [0.05, 0.1) is 5.92 Å². The number of anilines is 1. The first-order valence-electron chi connectivity index (χ1n) is 6.19. The number of nitrogens with zero attached hydrogens (tertiary/aromatic N) is 2. The molecule has 0 radical (unpaired) electrons. The van der Waals surface area contributed by atoms with Crippen molar-refractivity contribution in [2.75, 3.05) is 18.4 Å². The predicted octanol–water partition coefficient (Wildman–Crippen LogP) is 1.51.